The minimum Gasteiger partial charge on any atom is -0.493 e. The maximum atomic E-state index is 13.5. The quantitative estimate of drug-likeness (QED) is 0.464. The second kappa shape index (κ2) is 8.69. The van der Waals surface area contributed by atoms with Gasteiger partial charge in [-0.05, 0) is 31.2 Å². The smallest absolute Gasteiger partial charge is 0.277 e. The fraction of sp³-hybridized carbons (Fsp3) is 0.176. The summed E-state index contributed by atoms with van der Waals surface area (Å²) in [6, 6.07) is 9.44. The molecule has 0 spiro atoms. The summed E-state index contributed by atoms with van der Waals surface area (Å²) in [7, 11) is 1.50. The normalized spacial score (nSPS) is 11.2. The Hall–Kier alpha value is -2.31. The Morgan fingerprint density at radius 1 is 1.20 bits per heavy atom. The lowest BCUT2D eigenvalue weighted by atomic mass is 10.1. The standard InChI is InChI=1S/C17H15Cl2FN2O3/c1-10(16-11(18)7-8-12(20)17(16)19)21-22-15(23)9-25-14-6-4-3-5-13(14)24-2/h3-8H,9H2,1-2H3,(H,22,23)/b21-10-. The van der Waals surface area contributed by atoms with Crippen molar-refractivity contribution in [3.05, 3.63) is 57.8 Å². The third kappa shape index (κ3) is 4.84. The van der Waals surface area contributed by atoms with Crippen LogP contribution < -0.4 is 14.9 Å². The van der Waals surface area contributed by atoms with Gasteiger partial charge in [-0.15, -0.1) is 0 Å². The first kappa shape index (κ1) is 19.0. The Morgan fingerprint density at radius 2 is 1.88 bits per heavy atom. The second-order valence-electron chi connectivity index (χ2n) is 4.89. The first-order valence-corrected chi connectivity index (χ1v) is 7.92. The van der Waals surface area contributed by atoms with Gasteiger partial charge >= 0.3 is 0 Å². The lowest BCUT2D eigenvalue weighted by Crippen LogP contribution is -2.25. The van der Waals surface area contributed by atoms with Crippen LogP contribution in [0.1, 0.15) is 12.5 Å². The van der Waals surface area contributed by atoms with Crippen LogP contribution in [0.2, 0.25) is 10.0 Å². The molecule has 2 aromatic rings. The van der Waals surface area contributed by atoms with Gasteiger partial charge in [0, 0.05) is 5.56 Å². The number of halogens is 3. The summed E-state index contributed by atoms with van der Waals surface area (Å²) in [5.41, 5.74) is 2.79. The highest BCUT2D eigenvalue weighted by molar-refractivity contribution is 6.40. The largest absolute Gasteiger partial charge is 0.493 e. The summed E-state index contributed by atoms with van der Waals surface area (Å²) in [6.45, 7) is 1.27. The molecular weight excluding hydrogens is 370 g/mol. The van der Waals surface area contributed by atoms with Crippen molar-refractivity contribution >= 4 is 34.8 Å². The van der Waals surface area contributed by atoms with Crippen molar-refractivity contribution in [1.82, 2.24) is 5.43 Å². The number of amides is 1. The van der Waals surface area contributed by atoms with Crippen LogP contribution in [0.15, 0.2) is 41.5 Å². The van der Waals surface area contributed by atoms with E-state index in [-0.39, 0.29) is 27.9 Å². The molecule has 0 aliphatic carbocycles. The van der Waals surface area contributed by atoms with Gasteiger partial charge in [0.15, 0.2) is 18.1 Å². The number of carbonyl (C=O) groups excluding carboxylic acids is 1. The van der Waals surface area contributed by atoms with E-state index in [1.54, 1.807) is 31.2 Å². The predicted octanol–water partition coefficient (Wildman–Crippen LogP) is 4.06. The number of rotatable bonds is 6. The molecule has 2 rings (SSSR count). The predicted molar refractivity (Wildman–Crippen MR) is 95.3 cm³/mol. The van der Waals surface area contributed by atoms with Gasteiger partial charge in [-0.1, -0.05) is 35.3 Å². The van der Waals surface area contributed by atoms with Crippen molar-refractivity contribution in [2.45, 2.75) is 6.92 Å². The van der Waals surface area contributed by atoms with E-state index in [1.807, 2.05) is 0 Å². The molecule has 0 aromatic heterocycles. The van der Waals surface area contributed by atoms with Crippen molar-refractivity contribution < 1.29 is 18.7 Å². The first-order chi connectivity index (χ1) is 11.9. The molecule has 25 heavy (non-hydrogen) atoms. The zero-order valence-corrected chi connectivity index (χ0v) is 15.0. The third-order valence-corrected chi connectivity index (χ3v) is 3.87. The van der Waals surface area contributed by atoms with Gasteiger partial charge in [-0.2, -0.15) is 5.10 Å². The molecule has 0 saturated heterocycles. The van der Waals surface area contributed by atoms with Gasteiger partial charge < -0.3 is 9.47 Å². The zero-order valence-electron chi connectivity index (χ0n) is 13.5. The fourth-order valence-corrected chi connectivity index (χ4v) is 2.62. The number of benzene rings is 2. The van der Waals surface area contributed by atoms with Crippen LogP contribution in [0.25, 0.3) is 0 Å². The average Bonchev–Trinajstić information content (AvgIpc) is 2.61. The molecule has 0 heterocycles. The van der Waals surface area contributed by atoms with Crippen molar-refractivity contribution in [3.63, 3.8) is 0 Å². The molecule has 0 saturated carbocycles. The number of carbonyl (C=O) groups is 1. The van der Waals surface area contributed by atoms with Crippen LogP contribution in [-0.4, -0.2) is 25.3 Å². The van der Waals surface area contributed by atoms with E-state index < -0.39 is 11.7 Å². The molecule has 5 nitrogen and oxygen atoms in total. The van der Waals surface area contributed by atoms with Gasteiger partial charge in [-0.25, -0.2) is 9.82 Å². The molecule has 132 valence electrons. The number of hydrazone groups is 1. The molecule has 0 aliphatic heterocycles. The van der Waals surface area contributed by atoms with Crippen LogP contribution in [-0.2, 0) is 4.79 Å². The Balaban J connectivity index is 2.02. The number of nitrogens with one attached hydrogen (secondary N) is 1. The van der Waals surface area contributed by atoms with Crippen molar-refractivity contribution in [2.75, 3.05) is 13.7 Å². The minimum atomic E-state index is -0.624. The van der Waals surface area contributed by atoms with E-state index in [2.05, 4.69) is 10.5 Å². The van der Waals surface area contributed by atoms with Gasteiger partial charge in [0.2, 0.25) is 0 Å². The van der Waals surface area contributed by atoms with Gasteiger partial charge in [0.1, 0.15) is 5.82 Å². The number of ether oxygens (including phenoxy) is 2. The van der Waals surface area contributed by atoms with Crippen molar-refractivity contribution in [2.24, 2.45) is 5.10 Å². The number of methoxy groups -OCH3 is 1. The summed E-state index contributed by atoms with van der Waals surface area (Å²) in [6.07, 6.45) is 0. The Morgan fingerprint density at radius 3 is 2.56 bits per heavy atom. The third-order valence-electron chi connectivity index (χ3n) is 3.18. The maximum absolute atomic E-state index is 13.5. The minimum absolute atomic E-state index is 0.159. The summed E-state index contributed by atoms with van der Waals surface area (Å²) in [5, 5.41) is 3.95. The number of hydrogen-bond donors (Lipinski definition) is 1. The molecule has 0 fully saturated rings. The van der Waals surface area contributed by atoms with E-state index in [9.17, 15) is 9.18 Å². The van der Waals surface area contributed by atoms with E-state index in [0.717, 1.165) is 6.07 Å². The highest BCUT2D eigenvalue weighted by Crippen LogP contribution is 2.28. The van der Waals surface area contributed by atoms with Crippen molar-refractivity contribution in [1.29, 1.82) is 0 Å². The number of para-hydroxylation sites is 2. The Bertz CT molecular complexity index is 812. The van der Waals surface area contributed by atoms with E-state index in [4.69, 9.17) is 32.7 Å². The highest BCUT2D eigenvalue weighted by Gasteiger charge is 2.14. The molecule has 0 radical (unpaired) electrons. The molecule has 1 amide bonds. The average molecular weight is 385 g/mol. The monoisotopic (exact) mass is 384 g/mol. The van der Waals surface area contributed by atoms with Crippen LogP contribution >= 0.6 is 23.2 Å². The van der Waals surface area contributed by atoms with Gasteiger partial charge in [0.05, 0.1) is 22.9 Å². The molecule has 1 N–H and O–H groups in total. The SMILES string of the molecule is COc1ccccc1OCC(=O)N/N=C(/C)c1c(Cl)ccc(F)c1Cl. The number of hydrogen-bond acceptors (Lipinski definition) is 4. The maximum Gasteiger partial charge on any atom is 0.277 e. The molecular formula is C17H15Cl2FN2O3. The lowest BCUT2D eigenvalue weighted by molar-refractivity contribution is -0.123. The van der Waals surface area contributed by atoms with E-state index in [0.29, 0.717) is 11.5 Å². The Kier molecular flexibility index (Phi) is 6.61. The summed E-state index contributed by atoms with van der Waals surface area (Å²) in [5.74, 6) is -0.194. The topological polar surface area (TPSA) is 59.9 Å². The van der Waals surface area contributed by atoms with E-state index >= 15 is 0 Å². The summed E-state index contributed by atoms with van der Waals surface area (Å²) >= 11 is 11.9. The van der Waals surface area contributed by atoms with Crippen LogP contribution in [0.5, 0.6) is 11.5 Å². The summed E-state index contributed by atoms with van der Waals surface area (Å²) < 4.78 is 24.0. The zero-order chi connectivity index (χ0) is 18.4. The van der Waals surface area contributed by atoms with Gasteiger partial charge in [0.25, 0.3) is 5.91 Å². The van der Waals surface area contributed by atoms with Gasteiger partial charge in [-0.3, -0.25) is 4.79 Å². The molecule has 0 unspecified atom stereocenters. The molecule has 0 aliphatic rings. The van der Waals surface area contributed by atoms with Crippen LogP contribution in [0.3, 0.4) is 0 Å². The first-order valence-electron chi connectivity index (χ1n) is 7.17. The highest BCUT2D eigenvalue weighted by atomic mass is 35.5. The molecule has 8 heteroatoms. The fourth-order valence-electron chi connectivity index (χ4n) is 1.97. The second-order valence-corrected chi connectivity index (χ2v) is 5.68. The Labute approximate surface area is 154 Å². The molecule has 0 bridgehead atoms. The molecule has 0 atom stereocenters. The van der Waals surface area contributed by atoms with Crippen LogP contribution in [0, 0.1) is 5.82 Å². The molecule has 2 aromatic carbocycles. The van der Waals surface area contributed by atoms with E-state index in [1.165, 1.54) is 13.2 Å². The van der Waals surface area contributed by atoms with Crippen molar-refractivity contribution in [3.8, 4) is 11.5 Å². The van der Waals surface area contributed by atoms with Crippen LogP contribution in [0.4, 0.5) is 4.39 Å². The number of nitrogens with zero attached hydrogens (tertiary/aromatic N) is 1. The lowest BCUT2D eigenvalue weighted by Gasteiger charge is -2.10. The summed E-state index contributed by atoms with van der Waals surface area (Å²) in [4.78, 5) is 11.9.